The van der Waals surface area contributed by atoms with E-state index in [1.54, 1.807) is 0 Å². The van der Waals surface area contributed by atoms with Gasteiger partial charge in [0.05, 0.1) is 12.5 Å². The normalized spacial score (nSPS) is 12.5. The fourth-order valence-corrected chi connectivity index (χ4v) is 2.49. The van der Waals surface area contributed by atoms with Crippen LogP contribution in [0.5, 0.6) is 0 Å². The Labute approximate surface area is 146 Å². The third-order valence-electron chi connectivity index (χ3n) is 3.97. The Kier molecular flexibility index (Phi) is 5.57. The van der Waals surface area contributed by atoms with Gasteiger partial charge in [-0.25, -0.2) is 4.39 Å². The Morgan fingerprint density at radius 1 is 1.04 bits per heavy atom. The fourth-order valence-electron chi connectivity index (χ4n) is 2.49. The second-order valence-corrected chi connectivity index (χ2v) is 7.00. The smallest absolute Gasteiger partial charge is 0.305 e. The minimum Gasteiger partial charge on any atom is -0.481 e. The van der Waals surface area contributed by atoms with Crippen LogP contribution in [0.2, 0.25) is 0 Å². The van der Waals surface area contributed by atoms with Crippen molar-refractivity contribution in [3.8, 4) is 0 Å². The molecule has 2 aromatic carbocycles. The first-order valence-corrected chi connectivity index (χ1v) is 8.05. The van der Waals surface area contributed by atoms with E-state index >= 15 is 0 Å². The molecule has 1 atom stereocenters. The average molecular weight is 343 g/mol. The number of carbonyl (C=O) groups excluding carboxylic acids is 1. The molecule has 0 bridgehead atoms. The van der Waals surface area contributed by atoms with Gasteiger partial charge >= 0.3 is 5.97 Å². The summed E-state index contributed by atoms with van der Waals surface area (Å²) < 4.78 is 13.0. The number of hydrogen-bond donors (Lipinski definition) is 2. The number of halogens is 1. The lowest BCUT2D eigenvalue weighted by Gasteiger charge is -2.22. The molecular weight excluding hydrogens is 321 g/mol. The van der Waals surface area contributed by atoms with Crippen molar-refractivity contribution in [3.63, 3.8) is 0 Å². The van der Waals surface area contributed by atoms with Crippen LogP contribution < -0.4 is 5.32 Å². The van der Waals surface area contributed by atoms with Crippen LogP contribution in [-0.2, 0) is 10.2 Å². The molecule has 0 fully saturated rings. The lowest BCUT2D eigenvalue weighted by molar-refractivity contribution is -0.137. The zero-order valence-corrected chi connectivity index (χ0v) is 14.5. The predicted molar refractivity (Wildman–Crippen MR) is 94.0 cm³/mol. The molecule has 0 unspecified atom stereocenters. The SMILES string of the molecule is CC(C)(C)c1ccc([C@@H](CC(=O)O)NC(=O)c2ccc(F)cc2)cc1. The minimum absolute atomic E-state index is 0.0157. The molecule has 0 saturated carbocycles. The second-order valence-electron chi connectivity index (χ2n) is 7.00. The van der Waals surface area contributed by atoms with Gasteiger partial charge in [-0.2, -0.15) is 0 Å². The summed E-state index contributed by atoms with van der Waals surface area (Å²) in [5.41, 5.74) is 2.10. The highest BCUT2D eigenvalue weighted by atomic mass is 19.1. The zero-order chi connectivity index (χ0) is 18.6. The van der Waals surface area contributed by atoms with Gasteiger partial charge in [0.25, 0.3) is 5.91 Å². The first kappa shape index (κ1) is 18.6. The van der Waals surface area contributed by atoms with Crippen molar-refractivity contribution in [1.29, 1.82) is 0 Å². The number of amides is 1. The topological polar surface area (TPSA) is 66.4 Å². The van der Waals surface area contributed by atoms with Crippen LogP contribution >= 0.6 is 0 Å². The average Bonchev–Trinajstić information content (AvgIpc) is 2.53. The maximum absolute atomic E-state index is 13.0. The predicted octanol–water partition coefficient (Wildman–Crippen LogP) is 4.07. The zero-order valence-electron chi connectivity index (χ0n) is 14.5. The van der Waals surface area contributed by atoms with E-state index in [1.165, 1.54) is 24.3 Å². The molecule has 0 aliphatic carbocycles. The summed E-state index contributed by atoms with van der Waals surface area (Å²) in [4.78, 5) is 23.5. The van der Waals surface area contributed by atoms with E-state index < -0.39 is 23.7 Å². The Morgan fingerprint density at radius 3 is 2.08 bits per heavy atom. The summed E-state index contributed by atoms with van der Waals surface area (Å²) in [5, 5.41) is 11.9. The van der Waals surface area contributed by atoms with E-state index in [4.69, 9.17) is 5.11 Å². The molecule has 0 radical (unpaired) electrons. The van der Waals surface area contributed by atoms with Gasteiger partial charge in [0.15, 0.2) is 0 Å². The summed E-state index contributed by atoms with van der Waals surface area (Å²) in [6, 6.07) is 12.0. The molecule has 0 heterocycles. The molecule has 0 aromatic heterocycles. The van der Waals surface area contributed by atoms with Gasteiger partial charge in [-0.3, -0.25) is 9.59 Å². The molecule has 1 amide bonds. The molecule has 0 aliphatic heterocycles. The molecule has 2 rings (SSSR count). The Bertz CT molecular complexity index is 746. The fraction of sp³-hybridized carbons (Fsp3) is 0.300. The van der Waals surface area contributed by atoms with Crippen molar-refractivity contribution in [2.45, 2.75) is 38.6 Å². The third kappa shape index (κ3) is 5.14. The van der Waals surface area contributed by atoms with Crippen LogP contribution in [0.3, 0.4) is 0 Å². The number of carboxylic acids is 1. The maximum Gasteiger partial charge on any atom is 0.305 e. The van der Waals surface area contributed by atoms with Crippen molar-refractivity contribution >= 4 is 11.9 Å². The van der Waals surface area contributed by atoms with Gasteiger partial charge in [-0.1, -0.05) is 45.0 Å². The van der Waals surface area contributed by atoms with E-state index in [-0.39, 0.29) is 17.4 Å². The van der Waals surface area contributed by atoms with Crippen molar-refractivity contribution in [2.75, 3.05) is 0 Å². The molecule has 2 N–H and O–H groups in total. The molecule has 0 spiro atoms. The van der Waals surface area contributed by atoms with Crippen LogP contribution in [0.25, 0.3) is 0 Å². The van der Waals surface area contributed by atoms with Gasteiger partial charge in [0.2, 0.25) is 0 Å². The number of carboxylic acid groups (broad SMARTS) is 1. The minimum atomic E-state index is -1.01. The molecule has 4 nitrogen and oxygen atoms in total. The highest BCUT2D eigenvalue weighted by molar-refractivity contribution is 5.94. The molecule has 5 heteroatoms. The first-order chi connectivity index (χ1) is 11.7. The van der Waals surface area contributed by atoms with E-state index in [2.05, 4.69) is 26.1 Å². The largest absolute Gasteiger partial charge is 0.481 e. The van der Waals surface area contributed by atoms with Gasteiger partial charge < -0.3 is 10.4 Å². The monoisotopic (exact) mass is 343 g/mol. The Hall–Kier alpha value is -2.69. The van der Waals surface area contributed by atoms with Gasteiger partial charge in [-0.05, 0) is 40.8 Å². The highest BCUT2D eigenvalue weighted by Gasteiger charge is 2.20. The summed E-state index contributed by atoms with van der Waals surface area (Å²) in [7, 11) is 0. The number of benzene rings is 2. The van der Waals surface area contributed by atoms with E-state index in [1.807, 2.05) is 24.3 Å². The summed E-state index contributed by atoms with van der Waals surface area (Å²) in [6.45, 7) is 6.27. The van der Waals surface area contributed by atoms with Gasteiger partial charge in [0.1, 0.15) is 5.82 Å². The van der Waals surface area contributed by atoms with Crippen molar-refractivity contribution in [1.82, 2.24) is 5.32 Å². The van der Waals surface area contributed by atoms with E-state index in [0.29, 0.717) is 5.56 Å². The highest BCUT2D eigenvalue weighted by Crippen LogP contribution is 2.25. The Balaban J connectivity index is 2.22. The summed E-state index contributed by atoms with van der Waals surface area (Å²) in [6.07, 6.45) is -0.234. The summed E-state index contributed by atoms with van der Waals surface area (Å²) in [5.74, 6) is -1.88. The van der Waals surface area contributed by atoms with Crippen LogP contribution in [0.1, 0.15) is 54.7 Å². The standard InChI is InChI=1S/C20H22FNO3/c1-20(2,3)15-8-4-13(5-9-15)17(12-18(23)24)22-19(25)14-6-10-16(21)11-7-14/h4-11,17H,12H2,1-3H3,(H,22,25)(H,23,24)/t17-/m1/s1. The van der Waals surface area contributed by atoms with E-state index in [9.17, 15) is 14.0 Å². The number of carbonyl (C=O) groups is 2. The molecule has 0 aliphatic rings. The molecule has 25 heavy (non-hydrogen) atoms. The van der Waals surface area contributed by atoms with Crippen LogP contribution in [-0.4, -0.2) is 17.0 Å². The van der Waals surface area contributed by atoms with Gasteiger partial charge in [-0.15, -0.1) is 0 Å². The number of aliphatic carboxylic acids is 1. The quantitative estimate of drug-likeness (QED) is 0.860. The van der Waals surface area contributed by atoms with Crippen molar-refractivity contribution in [3.05, 3.63) is 71.0 Å². The van der Waals surface area contributed by atoms with Crippen LogP contribution in [0.15, 0.2) is 48.5 Å². The third-order valence-corrected chi connectivity index (χ3v) is 3.97. The lowest BCUT2D eigenvalue weighted by atomic mass is 9.86. The first-order valence-electron chi connectivity index (χ1n) is 8.05. The van der Waals surface area contributed by atoms with Crippen molar-refractivity contribution < 1.29 is 19.1 Å². The second kappa shape index (κ2) is 7.47. The number of rotatable bonds is 5. The lowest BCUT2D eigenvalue weighted by Crippen LogP contribution is -2.30. The van der Waals surface area contributed by atoms with E-state index in [0.717, 1.165) is 5.56 Å². The molecule has 132 valence electrons. The van der Waals surface area contributed by atoms with Crippen LogP contribution in [0, 0.1) is 5.82 Å². The van der Waals surface area contributed by atoms with Crippen LogP contribution in [0.4, 0.5) is 4.39 Å². The summed E-state index contributed by atoms with van der Waals surface area (Å²) >= 11 is 0. The van der Waals surface area contributed by atoms with Gasteiger partial charge in [0, 0.05) is 5.56 Å². The number of nitrogens with one attached hydrogen (secondary N) is 1. The molecule has 0 saturated heterocycles. The molecule has 2 aromatic rings. The molecular formula is C20H22FNO3. The maximum atomic E-state index is 13.0. The Morgan fingerprint density at radius 2 is 1.60 bits per heavy atom. The number of hydrogen-bond acceptors (Lipinski definition) is 2. The van der Waals surface area contributed by atoms with Crippen molar-refractivity contribution in [2.24, 2.45) is 0 Å².